The number of ether oxygens (including phenoxy) is 1. The molecule has 0 radical (unpaired) electrons. The molecule has 1 aliphatic heterocycles. The maximum atomic E-state index is 12.7. The number of benzene rings is 1. The lowest BCUT2D eigenvalue weighted by Gasteiger charge is -2.26. The molecular formula is C19H25N5O4S2. The van der Waals surface area contributed by atoms with E-state index in [1.54, 1.807) is 12.1 Å². The van der Waals surface area contributed by atoms with Gasteiger partial charge in [-0.15, -0.1) is 10.2 Å². The lowest BCUT2D eigenvalue weighted by atomic mass is 10.3. The highest BCUT2D eigenvalue weighted by molar-refractivity contribution is 8.00. The van der Waals surface area contributed by atoms with Crippen molar-refractivity contribution in [2.45, 2.75) is 48.0 Å². The molecule has 0 spiro atoms. The second-order valence-electron chi connectivity index (χ2n) is 7.42. The second kappa shape index (κ2) is 8.66. The normalized spacial score (nSPS) is 18.9. The number of hydrogen-bond donors (Lipinski definition) is 1. The zero-order valence-corrected chi connectivity index (χ0v) is 18.6. The Labute approximate surface area is 180 Å². The molecule has 1 saturated carbocycles. The highest BCUT2D eigenvalue weighted by Crippen LogP contribution is 2.39. The van der Waals surface area contributed by atoms with Crippen molar-refractivity contribution in [2.24, 2.45) is 0 Å². The zero-order valence-electron chi connectivity index (χ0n) is 16.9. The summed E-state index contributed by atoms with van der Waals surface area (Å²) in [5.41, 5.74) is 0.549. The summed E-state index contributed by atoms with van der Waals surface area (Å²) >= 11 is 1.38. The first-order chi connectivity index (χ1) is 14.4. The summed E-state index contributed by atoms with van der Waals surface area (Å²) in [6.45, 7) is 5.24. The monoisotopic (exact) mass is 451 g/mol. The maximum absolute atomic E-state index is 12.7. The third kappa shape index (κ3) is 4.53. The number of anilines is 1. The Balaban J connectivity index is 1.38. The van der Waals surface area contributed by atoms with E-state index in [1.807, 2.05) is 13.8 Å². The van der Waals surface area contributed by atoms with E-state index >= 15 is 0 Å². The van der Waals surface area contributed by atoms with Gasteiger partial charge in [-0.2, -0.15) is 4.31 Å². The van der Waals surface area contributed by atoms with Gasteiger partial charge in [-0.05, 0) is 51.0 Å². The molecule has 2 fully saturated rings. The minimum atomic E-state index is -3.55. The lowest BCUT2D eigenvalue weighted by molar-refractivity contribution is -0.115. The number of aryl methyl sites for hydroxylation is 1. The van der Waals surface area contributed by atoms with Crippen molar-refractivity contribution >= 4 is 33.4 Å². The number of carbonyl (C=O) groups excluding carboxylic acids is 1. The minimum absolute atomic E-state index is 0.174. The Kier molecular flexibility index (Phi) is 6.14. The number of thioether (sulfide) groups is 1. The van der Waals surface area contributed by atoms with Gasteiger partial charge >= 0.3 is 0 Å². The van der Waals surface area contributed by atoms with Crippen LogP contribution in [-0.2, 0) is 19.6 Å². The molecule has 1 aliphatic carbocycles. The average Bonchev–Trinajstić information content (AvgIpc) is 3.52. The Hall–Kier alpha value is -1.95. The molecule has 11 heteroatoms. The Morgan fingerprint density at radius 2 is 1.87 bits per heavy atom. The topological polar surface area (TPSA) is 106 Å². The molecule has 1 saturated heterocycles. The van der Waals surface area contributed by atoms with Crippen LogP contribution in [0.25, 0.3) is 0 Å². The van der Waals surface area contributed by atoms with E-state index in [0.29, 0.717) is 38.0 Å². The molecule has 2 heterocycles. The van der Waals surface area contributed by atoms with Gasteiger partial charge in [0.15, 0.2) is 5.16 Å². The number of sulfonamides is 1. The van der Waals surface area contributed by atoms with Crippen LogP contribution < -0.4 is 5.32 Å². The van der Waals surface area contributed by atoms with E-state index in [2.05, 4.69) is 20.1 Å². The fraction of sp³-hybridized carbons (Fsp3) is 0.526. The van der Waals surface area contributed by atoms with Crippen LogP contribution in [0.5, 0.6) is 0 Å². The van der Waals surface area contributed by atoms with Crippen LogP contribution in [0.15, 0.2) is 34.3 Å². The van der Waals surface area contributed by atoms with Gasteiger partial charge in [0, 0.05) is 24.8 Å². The van der Waals surface area contributed by atoms with Crippen molar-refractivity contribution in [3.05, 3.63) is 30.1 Å². The first-order valence-corrected chi connectivity index (χ1v) is 12.3. The van der Waals surface area contributed by atoms with Gasteiger partial charge in [0.2, 0.25) is 15.9 Å². The predicted octanol–water partition coefficient (Wildman–Crippen LogP) is 2.06. The first-order valence-electron chi connectivity index (χ1n) is 9.93. The smallest absolute Gasteiger partial charge is 0.243 e. The maximum Gasteiger partial charge on any atom is 0.243 e. The van der Waals surface area contributed by atoms with Gasteiger partial charge in [-0.1, -0.05) is 11.8 Å². The SMILES string of the molecule is Cc1nnc(S[C@H](C)C(=O)Nc2ccc(S(=O)(=O)N3CCOCC3)cc2)n1C1CC1. The van der Waals surface area contributed by atoms with Gasteiger partial charge in [0.25, 0.3) is 0 Å². The molecule has 1 amide bonds. The molecule has 9 nitrogen and oxygen atoms in total. The first kappa shape index (κ1) is 21.3. The lowest BCUT2D eigenvalue weighted by Crippen LogP contribution is -2.40. The predicted molar refractivity (Wildman–Crippen MR) is 113 cm³/mol. The molecular weight excluding hydrogens is 426 g/mol. The van der Waals surface area contributed by atoms with Crippen molar-refractivity contribution in [3.63, 3.8) is 0 Å². The Bertz CT molecular complexity index is 1010. The molecule has 1 atom stereocenters. The molecule has 1 N–H and O–H groups in total. The van der Waals surface area contributed by atoms with Crippen molar-refractivity contribution in [1.82, 2.24) is 19.1 Å². The van der Waals surface area contributed by atoms with Gasteiger partial charge in [0.05, 0.1) is 23.4 Å². The summed E-state index contributed by atoms with van der Waals surface area (Å²) in [5.74, 6) is 0.691. The molecule has 2 aliphatic rings. The van der Waals surface area contributed by atoms with Gasteiger partial charge in [-0.3, -0.25) is 4.79 Å². The number of nitrogens with one attached hydrogen (secondary N) is 1. The number of nitrogens with zero attached hydrogens (tertiary/aromatic N) is 4. The summed E-state index contributed by atoms with van der Waals surface area (Å²) < 4.78 is 34.1. The second-order valence-corrected chi connectivity index (χ2v) is 10.7. The zero-order chi connectivity index (χ0) is 21.3. The standard InChI is InChI=1S/C19H25N5O4S2/c1-13(29-19-22-21-14(2)24(19)16-5-6-16)18(25)20-15-3-7-17(8-4-15)30(26,27)23-9-11-28-12-10-23/h3-4,7-8,13,16H,5-6,9-12H2,1-2H3,(H,20,25)/t13-/m1/s1. The molecule has 2 aromatic rings. The van der Waals surface area contributed by atoms with E-state index in [9.17, 15) is 13.2 Å². The number of hydrogen-bond acceptors (Lipinski definition) is 7. The third-order valence-corrected chi connectivity index (χ3v) is 8.10. The van der Waals surface area contributed by atoms with E-state index in [-0.39, 0.29) is 16.1 Å². The van der Waals surface area contributed by atoms with Crippen LogP contribution in [0, 0.1) is 6.92 Å². The quantitative estimate of drug-likeness (QED) is 0.642. The summed E-state index contributed by atoms with van der Waals surface area (Å²) in [4.78, 5) is 12.8. The van der Waals surface area contributed by atoms with Crippen LogP contribution in [0.4, 0.5) is 5.69 Å². The Morgan fingerprint density at radius 1 is 1.20 bits per heavy atom. The van der Waals surface area contributed by atoms with Crippen molar-refractivity contribution in [3.8, 4) is 0 Å². The molecule has 1 aromatic heterocycles. The molecule has 0 unspecified atom stereocenters. The number of rotatable bonds is 7. The highest BCUT2D eigenvalue weighted by Gasteiger charge is 2.30. The summed E-state index contributed by atoms with van der Waals surface area (Å²) in [6, 6.07) is 6.70. The summed E-state index contributed by atoms with van der Waals surface area (Å²) in [5, 5.41) is 11.6. The fourth-order valence-corrected chi connectivity index (χ4v) is 5.66. The third-order valence-electron chi connectivity index (χ3n) is 5.13. The number of aromatic nitrogens is 3. The van der Waals surface area contributed by atoms with Crippen LogP contribution >= 0.6 is 11.8 Å². The Morgan fingerprint density at radius 3 is 2.50 bits per heavy atom. The largest absolute Gasteiger partial charge is 0.379 e. The summed E-state index contributed by atoms with van der Waals surface area (Å²) in [7, 11) is -3.55. The van der Waals surface area contributed by atoms with E-state index in [4.69, 9.17) is 4.74 Å². The molecule has 0 bridgehead atoms. The molecule has 162 valence electrons. The van der Waals surface area contributed by atoms with Crippen LogP contribution in [0.1, 0.15) is 31.6 Å². The van der Waals surface area contributed by atoms with Crippen molar-refractivity contribution < 1.29 is 17.9 Å². The van der Waals surface area contributed by atoms with Crippen molar-refractivity contribution in [1.29, 1.82) is 0 Å². The van der Waals surface area contributed by atoms with Gasteiger partial charge in [-0.25, -0.2) is 8.42 Å². The van der Waals surface area contributed by atoms with Crippen molar-refractivity contribution in [2.75, 3.05) is 31.6 Å². The summed E-state index contributed by atoms with van der Waals surface area (Å²) in [6.07, 6.45) is 2.24. The number of carbonyl (C=O) groups is 1. The fourth-order valence-electron chi connectivity index (χ4n) is 3.29. The number of amides is 1. The van der Waals surface area contributed by atoms with Crippen LogP contribution in [0.3, 0.4) is 0 Å². The highest BCUT2D eigenvalue weighted by atomic mass is 32.2. The minimum Gasteiger partial charge on any atom is -0.379 e. The number of morpholine rings is 1. The van der Waals surface area contributed by atoms with E-state index in [0.717, 1.165) is 23.8 Å². The van der Waals surface area contributed by atoms with Gasteiger partial charge in [0.1, 0.15) is 5.82 Å². The van der Waals surface area contributed by atoms with Crippen LogP contribution in [-0.4, -0.2) is 64.9 Å². The van der Waals surface area contributed by atoms with Gasteiger partial charge < -0.3 is 14.6 Å². The molecule has 1 aromatic carbocycles. The molecule has 4 rings (SSSR count). The van der Waals surface area contributed by atoms with Crippen LogP contribution in [0.2, 0.25) is 0 Å². The molecule has 30 heavy (non-hydrogen) atoms. The van der Waals surface area contributed by atoms with E-state index < -0.39 is 10.0 Å². The van der Waals surface area contributed by atoms with E-state index in [1.165, 1.54) is 28.2 Å². The average molecular weight is 452 g/mol.